The normalized spacial score (nSPS) is 14.2. The van der Waals surface area contributed by atoms with Crippen LogP contribution >= 0.6 is 11.6 Å². The second kappa shape index (κ2) is 6.61. The highest BCUT2D eigenvalue weighted by atomic mass is 35.5. The molecule has 0 bridgehead atoms. The van der Waals surface area contributed by atoms with Crippen LogP contribution in [0.15, 0.2) is 18.2 Å². The molecule has 6 heteroatoms. The predicted molar refractivity (Wildman–Crippen MR) is 77.1 cm³/mol. The molecule has 1 heterocycles. The molecule has 0 aromatic heterocycles. The molecule has 20 heavy (non-hydrogen) atoms. The summed E-state index contributed by atoms with van der Waals surface area (Å²) in [6.07, 6.45) is 2.06. The van der Waals surface area contributed by atoms with Crippen LogP contribution in [0.4, 0.5) is 5.69 Å². The number of carbonyl (C=O) groups is 2. The van der Waals surface area contributed by atoms with Crippen molar-refractivity contribution in [3.63, 3.8) is 0 Å². The Bertz CT molecular complexity index is 513. The van der Waals surface area contributed by atoms with Gasteiger partial charge in [-0.1, -0.05) is 11.6 Å². The Kier molecular flexibility index (Phi) is 4.84. The van der Waals surface area contributed by atoms with Crippen LogP contribution in [-0.2, 0) is 9.53 Å². The third-order valence-corrected chi connectivity index (χ3v) is 3.49. The van der Waals surface area contributed by atoms with Crippen LogP contribution in [0.25, 0.3) is 0 Å². The van der Waals surface area contributed by atoms with E-state index in [9.17, 15) is 9.59 Å². The quantitative estimate of drug-likeness (QED) is 0.865. The minimum absolute atomic E-state index is 0.00285. The molecular weight excluding hydrogens is 280 g/mol. The summed E-state index contributed by atoms with van der Waals surface area (Å²) < 4.78 is 4.57. The summed E-state index contributed by atoms with van der Waals surface area (Å²) in [6, 6.07) is 5.00. The van der Waals surface area contributed by atoms with Crippen LogP contribution in [0.5, 0.6) is 0 Å². The first kappa shape index (κ1) is 14.7. The number of ether oxygens (including phenoxy) is 1. The highest BCUT2D eigenvalue weighted by Crippen LogP contribution is 2.24. The first-order chi connectivity index (χ1) is 9.61. The van der Waals surface area contributed by atoms with Gasteiger partial charge in [-0.05, 0) is 31.0 Å². The molecule has 1 N–H and O–H groups in total. The number of nitrogens with one attached hydrogen (secondary N) is 1. The molecule has 0 aliphatic carbocycles. The van der Waals surface area contributed by atoms with Gasteiger partial charge in [0.15, 0.2) is 0 Å². The highest BCUT2D eigenvalue weighted by molar-refractivity contribution is 6.31. The maximum absolute atomic E-state index is 12.4. The molecule has 1 aromatic carbocycles. The number of carbonyl (C=O) groups excluding carboxylic acids is 2. The standard InChI is InChI=1S/C14H17ClN2O3/c1-20-13(18)9-16-12-8-10(15)4-5-11(12)14(19)17-6-2-3-7-17/h4-5,8,16H,2-3,6-7,9H2,1H3. The van der Waals surface area contributed by atoms with Gasteiger partial charge in [0.25, 0.3) is 5.91 Å². The van der Waals surface area contributed by atoms with Crippen molar-refractivity contribution in [2.24, 2.45) is 0 Å². The van der Waals surface area contributed by atoms with Crippen molar-refractivity contribution in [1.29, 1.82) is 0 Å². The summed E-state index contributed by atoms with van der Waals surface area (Å²) >= 11 is 5.95. The average molecular weight is 297 g/mol. The number of hydrogen-bond acceptors (Lipinski definition) is 4. The summed E-state index contributed by atoms with van der Waals surface area (Å²) in [5.74, 6) is -0.434. The monoisotopic (exact) mass is 296 g/mol. The summed E-state index contributed by atoms with van der Waals surface area (Å²) in [5, 5.41) is 3.41. The SMILES string of the molecule is COC(=O)CNc1cc(Cl)ccc1C(=O)N1CCCC1. The van der Waals surface area contributed by atoms with Gasteiger partial charge in [0.05, 0.1) is 12.7 Å². The van der Waals surface area contributed by atoms with Crippen molar-refractivity contribution < 1.29 is 14.3 Å². The van der Waals surface area contributed by atoms with Gasteiger partial charge in [-0.2, -0.15) is 0 Å². The molecule has 0 atom stereocenters. The molecule has 1 saturated heterocycles. The minimum Gasteiger partial charge on any atom is -0.468 e. The number of halogens is 1. The van der Waals surface area contributed by atoms with Crippen molar-refractivity contribution in [3.8, 4) is 0 Å². The zero-order valence-corrected chi connectivity index (χ0v) is 12.1. The highest BCUT2D eigenvalue weighted by Gasteiger charge is 2.22. The van der Waals surface area contributed by atoms with E-state index in [0.717, 1.165) is 25.9 Å². The van der Waals surface area contributed by atoms with Crippen molar-refractivity contribution >= 4 is 29.2 Å². The van der Waals surface area contributed by atoms with E-state index in [2.05, 4.69) is 10.1 Å². The number of benzene rings is 1. The second-order valence-electron chi connectivity index (χ2n) is 4.62. The fourth-order valence-electron chi connectivity index (χ4n) is 2.18. The predicted octanol–water partition coefficient (Wildman–Crippen LogP) is 2.16. The minimum atomic E-state index is -0.399. The van der Waals surface area contributed by atoms with Crippen molar-refractivity contribution in [1.82, 2.24) is 4.90 Å². The van der Waals surface area contributed by atoms with Gasteiger partial charge in [0.1, 0.15) is 6.54 Å². The van der Waals surface area contributed by atoms with Crippen LogP contribution in [0.3, 0.4) is 0 Å². The summed E-state index contributed by atoms with van der Waals surface area (Å²) in [6.45, 7) is 1.55. The number of hydrogen-bond donors (Lipinski definition) is 1. The number of anilines is 1. The first-order valence-electron chi connectivity index (χ1n) is 6.51. The molecule has 0 unspecified atom stereocenters. The summed E-state index contributed by atoms with van der Waals surface area (Å²) in [5.41, 5.74) is 1.08. The zero-order valence-electron chi connectivity index (χ0n) is 11.3. The van der Waals surface area contributed by atoms with Gasteiger partial charge in [-0.15, -0.1) is 0 Å². The van der Waals surface area contributed by atoms with Gasteiger partial charge >= 0.3 is 5.97 Å². The Morgan fingerprint density at radius 1 is 1.35 bits per heavy atom. The molecule has 1 aliphatic heterocycles. The molecular formula is C14H17ClN2O3. The lowest BCUT2D eigenvalue weighted by atomic mass is 10.1. The lowest BCUT2D eigenvalue weighted by molar-refractivity contribution is -0.138. The van der Waals surface area contributed by atoms with E-state index in [0.29, 0.717) is 16.3 Å². The molecule has 1 aromatic rings. The summed E-state index contributed by atoms with van der Waals surface area (Å²) in [4.78, 5) is 25.4. The van der Waals surface area contributed by atoms with E-state index in [-0.39, 0.29) is 12.5 Å². The Balaban J connectivity index is 2.18. The fraction of sp³-hybridized carbons (Fsp3) is 0.429. The smallest absolute Gasteiger partial charge is 0.325 e. The van der Waals surface area contributed by atoms with Crippen LogP contribution in [-0.4, -0.2) is 43.5 Å². The van der Waals surface area contributed by atoms with Crippen LogP contribution in [0.2, 0.25) is 5.02 Å². The first-order valence-corrected chi connectivity index (χ1v) is 6.89. The number of esters is 1. The molecule has 1 fully saturated rings. The molecule has 1 aliphatic rings. The zero-order chi connectivity index (χ0) is 14.5. The van der Waals surface area contributed by atoms with E-state index < -0.39 is 5.97 Å². The molecule has 1 amide bonds. The van der Waals surface area contributed by atoms with E-state index in [1.165, 1.54) is 7.11 Å². The Hall–Kier alpha value is -1.75. The molecule has 0 spiro atoms. The number of methoxy groups -OCH3 is 1. The lowest BCUT2D eigenvalue weighted by Gasteiger charge is -2.18. The van der Waals surface area contributed by atoms with E-state index in [4.69, 9.17) is 11.6 Å². The number of nitrogens with zero attached hydrogens (tertiary/aromatic N) is 1. The molecule has 2 rings (SSSR count). The second-order valence-corrected chi connectivity index (χ2v) is 5.06. The van der Waals surface area contributed by atoms with Gasteiger partial charge in [0.2, 0.25) is 0 Å². The Morgan fingerprint density at radius 2 is 2.05 bits per heavy atom. The molecule has 0 saturated carbocycles. The van der Waals surface area contributed by atoms with E-state index >= 15 is 0 Å². The fourth-order valence-corrected chi connectivity index (χ4v) is 2.35. The average Bonchev–Trinajstić information content (AvgIpc) is 2.98. The maximum atomic E-state index is 12.4. The Labute approximate surface area is 122 Å². The van der Waals surface area contributed by atoms with E-state index in [1.54, 1.807) is 18.2 Å². The van der Waals surface area contributed by atoms with Crippen LogP contribution < -0.4 is 5.32 Å². The Morgan fingerprint density at radius 3 is 2.70 bits per heavy atom. The topological polar surface area (TPSA) is 58.6 Å². The van der Waals surface area contributed by atoms with Gasteiger partial charge < -0.3 is 15.0 Å². The third-order valence-electron chi connectivity index (χ3n) is 3.26. The van der Waals surface area contributed by atoms with Crippen molar-refractivity contribution in [2.45, 2.75) is 12.8 Å². The molecule has 0 radical (unpaired) electrons. The van der Waals surface area contributed by atoms with Gasteiger partial charge in [-0.3, -0.25) is 9.59 Å². The molecule has 108 valence electrons. The van der Waals surface area contributed by atoms with Crippen molar-refractivity contribution in [3.05, 3.63) is 28.8 Å². The van der Waals surface area contributed by atoms with Crippen LogP contribution in [0.1, 0.15) is 23.2 Å². The maximum Gasteiger partial charge on any atom is 0.325 e. The number of likely N-dealkylation sites (tertiary alicyclic amines) is 1. The van der Waals surface area contributed by atoms with Crippen LogP contribution in [0, 0.1) is 0 Å². The molecule has 5 nitrogen and oxygen atoms in total. The third kappa shape index (κ3) is 3.42. The summed E-state index contributed by atoms with van der Waals surface area (Å²) in [7, 11) is 1.32. The largest absolute Gasteiger partial charge is 0.468 e. The van der Waals surface area contributed by atoms with Gasteiger partial charge in [0, 0.05) is 23.8 Å². The number of rotatable bonds is 4. The number of amides is 1. The lowest BCUT2D eigenvalue weighted by Crippen LogP contribution is -2.28. The van der Waals surface area contributed by atoms with Gasteiger partial charge in [-0.25, -0.2) is 0 Å². The van der Waals surface area contributed by atoms with E-state index in [1.807, 2.05) is 4.90 Å². The van der Waals surface area contributed by atoms with Crippen molar-refractivity contribution in [2.75, 3.05) is 32.1 Å².